The summed E-state index contributed by atoms with van der Waals surface area (Å²) in [7, 11) is 0. The minimum atomic E-state index is -0.0784. The molecule has 2 atom stereocenters. The number of nitrogens with one attached hydrogen (secondary N) is 1. The van der Waals surface area contributed by atoms with Crippen molar-refractivity contribution in [3.8, 4) is 0 Å². The minimum absolute atomic E-state index is 0.00489. The molecule has 0 spiro atoms. The lowest BCUT2D eigenvalue weighted by Gasteiger charge is -2.28. The standard InChI is InChI=1S/C19H25N5O2/c1-2-10-20-18(25)24-15-8-9-16(24)13-22-17(11-15)21-23(19(22)26)12-14-6-4-3-5-7-14/h3-7,15-16H,2,8-13H2,1H3,(H,20,25)/t15-,16+/m0/s1. The maximum absolute atomic E-state index is 12.8. The molecular formula is C19H25N5O2. The fraction of sp³-hybridized carbons (Fsp3) is 0.526. The van der Waals surface area contributed by atoms with Gasteiger partial charge >= 0.3 is 11.7 Å². The van der Waals surface area contributed by atoms with Crippen LogP contribution in [0.25, 0.3) is 0 Å². The van der Waals surface area contributed by atoms with Crippen LogP contribution in [-0.2, 0) is 19.5 Å². The molecule has 2 amide bonds. The van der Waals surface area contributed by atoms with E-state index < -0.39 is 0 Å². The predicted molar refractivity (Wildman–Crippen MR) is 98.1 cm³/mol. The van der Waals surface area contributed by atoms with E-state index in [1.165, 1.54) is 0 Å². The SMILES string of the molecule is CCCNC(=O)N1[C@@H]2CC[C@H]1Cc1nn(Cc3ccccc3)c(=O)n1C2. The smallest absolute Gasteiger partial charge is 0.338 e. The van der Waals surface area contributed by atoms with Gasteiger partial charge in [0.2, 0.25) is 0 Å². The van der Waals surface area contributed by atoms with Crippen molar-refractivity contribution in [3.63, 3.8) is 0 Å². The van der Waals surface area contributed by atoms with Gasteiger partial charge in [-0.05, 0) is 24.8 Å². The molecule has 0 aliphatic carbocycles. The Hall–Kier alpha value is -2.57. The van der Waals surface area contributed by atoms with Gasteiger partial charge in [-0.3, -0.25) is 4.57 Å². The van der Waals surface area contributed by atoms with E-state index in [0.717, 1.165) is 30.7 Å². The van der Waals surface area contributed by atoms with E-state index in [4.69, 9.17) is 0 Å². The van der Waals surface area contributed by atoms with Gasteiger partial charge in [0.15, 0.2) is 0 Å². The largest absolute Gasteiger partial charge is 0.346 e. The second-order valence-corrected chi connectivity index (χ2v) is 7.18. The van der Waals surface area contributed by atoms with Crippen LogP contribution in [-0.4, -0.2) is 43.9 Å². The number of fused-ring (bicyclic) bond motifs is 3. The number of nitrogens with zero attached hydrogens (tertiary/aromatic N) is 4. The number of hydrogen-bond acceptors (Lipinski definition) is 3. The lowest BCUT2D eigenvalue weighted by Crippen LogP contribution is -2.48. The average molecular weight is 355 g/mol. The molecule has 2 aromatic rings. The second kappa shape index (κ2) is 6.97. The van der Waals surface area contributed by atoms with Crippen molar-refractivity contribution in [2.24, 2.45) is 0 Å². The van der Waals surface area contributed by atoms with Gasteiger partial charge in [-0.15, -0.1) is 0 Å². The third-order valence-corrected chi connectivity index (χ3v) is 5.37. The van der Waals surface area contributed by atoms with Crippen LogP contribution in [0.3, 0.4) is 0 Å². The third kappa shape index (κ3) is 3.02. The average Bonchev–Trinajstić information content (AvgIpc) is 3.10. The molecule has 7 nitrogen and oxygen atoms in total. The highest BCUT2D eigenvalue weighted by molar-refractivity contribution is 5.75. The zero-order valence-electron chi connectivity index (χ0n) is 15.1. The number of aromatic nitrogens is 3. The first-order valence-electron chi connectivity index (χ1n) is 9.44. The number of carbonyl (C=O) groups is 1. The van der Waals surface area contributed by atoms with E-state index in [-0.39, 0.29) is 23.8 Å². The Bertz CT molecular complexity index is 841. The molecule has 7 heteroatoms. The van der Waals surface area contributed by atoms with Gasteiger partial charge in [-0.25, -0.2) is 14.3 Å². The van der Waals surface area contributed by atoms with E-state index in [1.54, 1.807) is 9.25 Å². The van der Waals surface area contributed by atoms with Gasteiger partial charge in [0, 0.05) is 25.6 Å². The van der Waals surface area contributed by atoms with Crippen molar-refractivity contribution in [3.05, 3.63) is 52.2 Å². The first-order chi connectivity index (χ1) is 12.7. The summed E-state index contributed by atoms with van der Waals surface area (Å²) < 4.78 is 3.32. The number of amides is 2. The summed E-state index contributed by atoms with van der Waals surface area (Å²) in [6.45, 7) is 3.75. The Kier molecular flexibility index (Phi) is 4.53. The minimum Gasteiger partial charge on any atom is -0.338 e. The molecule has 2 aliphatic rings. The molecule has 1 aromatic carbocycles. The highest BCUT2D eigenvalue weighted by Crippen LogP contribution is 2.30. The van der Waals surface area contributed by atoms with Crippen molar-refractivity contribution in [2.45, 2.75) is 57.8 Å². The highest BCUT2D eigenvalue weighted by atomic mass is 16.2. The number of carbonyl (C=O) groups excluding carboxylic acids is 1. The van der Waals surface area contributed by atoms with Crippen molar-refractivity contribution in [1.29, 1.82) is 0 Å². The molecule has 1 aromatic heterocycles. The van der Waals surface area contributed by atoms with Crippen LogP contribution in [0.1, 0.15) is 37.6 Å². The Morgan fingerprint density at radius 2 is 2.00 bits per heavy atom. The Labute approximate surface area is 152 Å². The molecule has 4 rings (SSSR count). The van der Waals surface area contributed by atoms with Gasteiger partial charge in [0.05, 0.1) is 12.6 Å². The fourth-order valence-corrected chi connectivity index (χ4v) is 4.10. The molecule has 1 saturated heterocycles. The zero-order chi connectivity index (χ0) is 18.1. The summed E-state index contributed by atoms with van der Waals surface area (Å²) in [4.78, 5) is 27.3. The number of benzene rings is 1. The Morgan fingerprint density at radius 1 is 1.23 bits per heavy atom. The predicted octanol–water partition coefficient (Wildman–Crippen LogP) is 1.60. The van der Waals surface area contributed by atoms with Crippen LogP contribution in [0, 0.1) is 0 Å². The monoisotopic (exact) mass is 355 g/mol. The Morgan fingerprint density at radius 3 is 2.77 bits per heavy atom. The summed E-state index contributed by atoms with van der Waals surface area (Å²) in [5, 5.41) is 7.57. The van der Waals surface area contributed by atoms with Gasteiger partial charge in [0.1, 0.15) is 5.82 Å². The van der Waals surface area contributed by atoms with Gasteiger partial charge in [0.25, 0.3) is 0 Å². The summed E-state index contributed by atoms with van der Waals surface area (Å²) in [5.74, 6) is 0.798. The first kappa shape index (κ1) is 16.9. The van der Waals surface area contributed by atoms with E-state index >= 15 is 0 Å². The lowest BCUT2D eigenvalue weighted by atomic mass is 10.1. The third-order valence-electron chi connectivity index (χ3n) is 5.37. The Balaban J connectivity index is 1.57. The maximum Gasteiger partial charge on any atom is 0.346 e. The topological polar surface area (TPSA) is 72.2 Å². The molecule has 0 saturated carbocycles. The molecule has 2 bridgehead atoms. The van der Waals surface area contributed by atoms with Crippen molar-refractivity contribution in [2.75, 3.05) is 6.54 Å². The summed E-state index contributed by atoms with van der Waals surface area (Å²) >= 11 is 0. The van der Waals surface area contributed by atoms with Crippen LogP contribution >= 0.6 is 0 Å². The molecule has 1 N–H and O–H groups in total. The molecule has 0 radical (unpaired) electrons. The van der Waals surface area contributed by atoms with E-state index in [1.807, 2.05) is 42.2 Å². The van der Waals surface area contributed by atoms with Crippen LogP contribution in [0.4, 0.5) is 4.79 Å². The second-order valence-electron chi connectivity index (χ2n) is 7.18. The van der Waals surface area contributed by atoms with Crippen LogP contribution in [0.5, 0.6) is 0 Å². The van der Waals surface area contributed by atoms with Gasteiger partial charge in [-0.1, -0.05) is 37.3 Å². The number of urea groups is 1. The maximum atomic E-state index is 12.8. The van der Waals surface area contributed by atoms with E-state index in [2.05, 4.69) is 10.4 Å². The molecule has 138 valence electrons. The van der Waals surface area contributed by atoms with Crippen molar-refractivity contribution >= 4 is 6.03 Å². The first-order valence-corrected chi connectivity index (χ1v) is 9.44. The summed E-state index contributed by atoms with van der Waals surface area (Å²) in [5.41, 5.74) is 0.983. The van der Waals surface area contributed by atoms with Crippen LogP contribution in [0.15, 0.2) is 35.1 Å². The molecular weight excluding hydrogens is 330 g/mol. The number of rotatable bonds is 4. The van der Waals surface area contributed by atoms with E-state index in [0.29, 0.717) is 26.1 Å². The molecule has 2 aliphatic heterocycles. The molecule has 3 heterocycles. The van der Waals surface area contributed by atoms with Crippen molar-refractivity contribution in [1.82, 2.24) is 24.6 Å². The van der Waals surface area contributed by atoms with E-state index in [9.17, 15) is 9.59 Å². The van der Waals surface area contributed by atoms with Gasteiger partial charge < -0.3 is 10.2 Å². The molecule has 1 fully saturated rings. The van der Waals surface area contributed by atoms with Crippen molar-refractivity contribution < 1.29 is 4.79 Å². The number of hydrogen-bond donors (Lipinski definition) is 1. The van der Waals surface area contributed by atoms with Crippen LogP contribution < -0.4 is 11.0 Å². The normalized spacial score (nSPS) is 21.3. The zero-order valence-corrected chi connectivity index (χ0v) is 15.1. The van der Waals surface area contributed by atoms with Crippen LogP contribution in [0.2, 0.25) is 0 Å². The molecule has 26 heavy (non-hydrogen) atoms. The summed E-state index contributed by atoms with van der Waals surface area (Å²) in [6.07, 6.45) is 3.48. The quantitative estimate of drug-likeness (QED) is 0.905. The highest BCUT2D eigenvalue weighted by Gasteiger charge is 2.41. The summed E-state index contributed by atoms with van der Waals surface area (Å²) in [6, 6.07) is 10.1. The fourth-order valence-electron chi connectivity index (χ4n) is 4.10. The molecule has 0 unspecified atom stereocenters. The lowest BCUT2D eigenvalue weighted by molar-refractivity contribution is 0.171. The van der Waals surface area contributed by atoms with Gasteiger partial charge in [-0.2, -0.15) is 5.10 Å².